The minimum absolute atomic E-state index is 0.225. The van der Waals surface area contributed by atoms with Crippen molar-refractivity contribution in [1.29, 1.82) is 0 Å². The molecular formula is C16H20N2O5. The fourth-order valence-corrected chi connectivity index (χ4v) is 1.59. The van der Waals surface area contributed by atoms with Gasteiger partial charge in [0.1, 0.15) is 0 Å². The van der Waals surface area contributed by atoms with E-state index in [9.17, 15) is 9.59 Å². The molecule has 0 aliphatic heterocycles. The van der Waals surface area contributed by atoms with Crippen LogP contribution in [0.2, 0.25) is 0 Å². The second-order valence-corrected chi connectivity index (χ2v) is 4.26. The van der Waals surface area contributed by atoms with Crippen LogP contribution in [0.5, 0.6) is 0 Å². The number of benzene rings is 1. The van der Waals surface area contributed by atoms with Crippen molar-refractivity contribution in [3.8, 4) is 0 Å². The summed E-state index contributed by atoms with van der Waals surface area (Å²) in [6.07, 6.45) is 4.41. The lowest BCUT2D eigenvalue weighted by molar-refractivity contribution is -0.134. The Balaban J connectivity index is 2.88. The van der Waals surface area contributed by atoms with Crippen LogP contribution in [0.25, 0.3) is 0 Å². The van der Waals surface area contributed by atoms with Gasteiger partial charge in [-0.2, -0.15) is 0 Å². The van der Waals surface area contributed by atoms with E-state index >= 15 is 0 Å². The van der Waals surface area contributed by atoms with Crippen LogP contribution in [0.4, 0.5) is 5.69 Å². The van der Waals surface area contributed by atoms with Crippen LogP contribution >= 0.6 is 0 Å². The summed E-state index contributed by atoms with van der Waals surface area (Å²) in [5, 5.41) is 3.88. The van der Waals surface area contributed by atoms with Crippen molar-refractivity contribution in [2.45, 2.75) is 13.3 Å². The Bertz CT molecular complexity index is 596. The van der Waals surface area contributed by atoms with E-state index in [-0.39, 0.29) is 18.1 Å². The number of allylic oxidation sites excluding steroid dienone is 1. The van der Waals surface area contributed by atoms with Crippen LogP contribution in [0.3, 0.4) is 0 Å². The smallest absolute Gasteiger partial charge is 0.395 e. The van der Waals surface area contributed by atoms with E-state index in [1.807, 2.05) is 19.1 Å². The zero-order valence-electron chi connectivity index (χ0n) is 13.4. The summed E-state index contributed by atoms with van der Waals surface area (Å²) < 4.78 is 14.6. The lowest BCUT2D eigenvalue weighted by Crippen LogP contribution is -2.21. The van der Waals surface area contributed by atoms with Crippen LogP contribution in [0.15, 0.2) is 41.5 Å². The summed E-state index contributed by atoms with van der Waals surface area (Å²) in [4.78, 5) is 23.3. The molecule has 0 amide bonds. The average molecular weight is 320 g/mol. The average Bonchev–Trinajstić information content (AvgIpc) is 2.60. The minimum atomic E-state index is -0.714. The maximum Gasteiger partial charge on any atom is 0.395 e. The Labute approximate surface area is 134 Å². The highest BCUT2D eigenvalue weighted by atomic mass is 16.6. The molecule has 0 unspecified atom stereocenters. The van der Waals surface area contributed by atoms with Gasteiger partial charge in [-0.05, 0) is 25.5 Å². The molecule has 0 heterocycles. The van der Waals surface area contributed by atoms with E-state index in [2.05, 4.69) is 20.0 Å². The molecule has 0 saturated heterocycles. The highest BCUT2D eigenvalue weighted by molar-refractivity contribution is 6.32. The number of methoxy groups -OCH3 is 2. The van der Waals surface area contributed by atoms with Gasteiger partial charge in [0.05, 0.1) is 32.1 Å². The summed E-state index contributed by atoms with van der Waals surface area (Å²) in [7, 11) is 2.52. The van der Waals surface area contributed by atoms with Gasteiger partial charge in [-0.25, -0.2) is 9.59 Å². The molecule has 7 heteroatoms. The molecule has 0 atom stereocenters. The third kappa shape index (κ3) is 5.82. The minimum Gasteiger partial charge on any atom is -0.471 e. The Kier molecular flexibility index (Phi) is 7.91. The van der Waals surface area contributed by atoms with E-state index in [1.165, 1.54) is 14.2 Å². The molecule has 124 valence electrons. The molecule has 1 rings (SSSR count). The van der Waals surface area contributed by atoms with Gasteiger partial charge in [0.15, 0.2) is 0 Å². The molecule has 0 aliphatic rings. The van der Waals surface area contributed by atoms with E-state index in [0.717, 1.165) is 0 Å². The predicted octanol–water partition coefficient (Wildman–Crippen LogP) is 2.35. The first-order valence-corrected chi connectivity index (χ1v) is 6.97. The fraction of sp³-hybridized carbons (Fsp3) is 0.312. The van der Waals surface area contributed by atoms with Gasteiger partial charge in [-0.1, -0.05) is 24.3 Å². The van der Waals surface area contributed by atoms with Gasteiger partial charge >= 0.3 is 17.8 Å². The number of rotatable bonds is 6. The van der Waals surface area contributed by atoms with E-state index < -0.39 is 11.9 Å². The first-order valence-electron chi connectivity index (χ1n) is 6.97. The predicted molar refractivity (Wildman–Crippen MR) is 86.2 cm³/mol. The molecule has 0 bridgehead atoms. The van der Waals surface area contributed by atoms with E-state index in [1.54, 1.807) is 24.3 Å². The van der Waals surface area contributed by atoms with Crippen molar-refractivity contribution < 1.29 is 23.8 Å². The maximum atomic E-state index is 11.7. The van der Waals surface area contributed by atoms with Gasteiger partial charge in [0, 0.05) is 0 Å². The van der Waals surface area contributed by atoms with Crippen LogP contribution in [0.1, 0.15) is 23.7 Å². The molecule has 7 nitrogen and oxygen atoms in total. The lowest BCUT2D eigenvalue weighted by atomic mass is 10.2. The number of carbonyl (C=O) groups excluding carboxylic acids is 2. The zero-order valence-corrected chi connectivity index (χ0v) is 13.4. The number of carbonyl (C=O) groups is 2. The first kappa shape index (κ1) is 18.2. The van der Waals surface area contributed by atoms with Crippen molar-refractivity contribution in [1.82, 2.24) is 0 Å². The SMILES string of the molecule is C/C=C/CCO/C(=N\Nc1ccccc1C(=O)OC)C(=O)OC. The fourth-order valence-electron chi connectivity index (χ4n) is 1.59. The molecule has 1 N–H and O–H groups in total. The number of nitrogens with zero attached hydrogens (tertiary/aromatic N) is 1. The van der Waals surface area contributed by atoms with Gasteiger partial charge in [-0.15, -0.1) is 5.10 Å². The maximum absolute atomic E-state index is 11.7. The van der Waals surface area contributed by atoms with Gasteiger partial charge < -0.3 is 14.2 Å². The molecule has 0 aliphatic carbocycles. The number of hydrogen-bond donors (Lipinski definition) is 1. The normalized spacial score (nSPS) is 11.2. The Hall–Kier alpha value is -2.83. The molecule has 23 heavy (non-hydrogen) atoms. The monoisotopic (exact) mass is 320 g/mol. The lowest BCUT2D eigenvalue weighted by Gasteiger charge is -2.09. The number of nitrogens with one attached hydrogen (secondary N) is 1. The van der Waals surface area contributed by atoms with Gasteiger partial charge in [-0.3, -0.25) is 5.43 Å². The summed E-state index contributed by atoms with van der Waals surface area (Å²) in [5.74, 6) is -1.46. The third-order valence-corrected chi connectivity index (χ3v) is 2.73. The van der Waals surface area contributed by atoms with Crippen molar-refractivity contribution in [3.63, 3.8) is 0 Å². The standard InChI is InChI=1S/C16H20N2O5/c1-4-5-8-11-23-14(16(20)22-3)18-17-13-10-7-6-9-12(13)15(19)21-2/h4-7,9-10,17H,8,11H2,1-3H3/b5-4+,18-14-. The Morgan fingerprint density at radius 2 is 1.96 bits per heavy atom. The molecule has 0 saturated carbocycles. The van der Waals surface area contributed by atoms with Gasteiger partial charge in [0.25, 0.3) is 0 Å². The van der Waals surface area contributed by atoms with Crippen molar-refractivity contribution in [2.75, 3.05) is 26.3 Å². The van der Waals surface area contributed by atoms with E-state index in [0.29, 0.717) is 12.1 Å². The van der Waals surface area contributed by atoms with Crippen LogP contribution in [-0.4, -0.2) is 38.7 Å². The second kappa shape index (κ2) is 9.99. The number of hydrogen-bond acceptors (Lipinski definition) is 7. The molecule has 1 aromatic rings. The molecular weight excluding hydrogens is 300 g/mol. The zero-order chi connectivity index (χ0) is 17.1. The Morgan fingerprint density at radius 1 is 1.22 bits per heavy atom. The summed E-state index contributed by atoms with van der Waals surface area (Å²) in [6.45, 7) is 2.17. The number of hydrazone groups is 1. The van der Waals surface area contributed by atoms with Crippen molar-refractivity contribution in [3.05, 3.63) is 42.0 Å². The number of anilines is 1. The molecule has 0 spiro atoms. The first-order chi connectivity index (χ1) is 11.1. The Morgan fingerprint density at radius 3 is 2.61 bits per heavy atom. The van der Waals surface area contributed by atoms with E-state index in [4.69, 9.17) is 4.74 Å². The summed E-state index contributed by atoms with van der Waals surface area (Å²) >= 11 is 0. The largest absolute Gasteiger partial charge is 0.471 e. The summed E-state index contributed by atoms with van der Waals surface area (Å²) in [5.41, 5.74) is 3.30. The highest BCUT2D eigenvalue weighted by Gasteiger charge is 2.15. The molecule has 0 radical (unpaired) electrons. The number of para-hydroxylation sites is 1. The third-order valence-electron chi connectivity index (χ3n) is 2.73. The topological polar surface area (TPSA) is 86.2 Å². The quantitative estimate of drug-likeness (QED) is 0.216. The summed E-state index contributed by atoms with van der Waals surface area (Å²) in [6, 6.07) is 6.61. The van der Waals surface area contributed by atoms with Crippen LogP contribution in [0, 0.1) is 0 Å². The van der Waals surface area contributed by atoms with Crippen molar-refractivity contribution >= 4 is 23.5 Å². The van der Waals surface area contributed by atoms with Crippen molar-refractivity contribution in [2.24, 2.45) is 5.10 Å². The van der Waals surface area contributed by atoms with Gasteiger partial charge in [0.2, 0.25) is 0 Å². The second-order valence-electron chi connectivity index (χ2n) is 4.26. The molecule has 1 aromatic carbocycles. The molecule has 0 aromatic heterocycles. The molecule has 0 fully saturated rings. The highest BCUT2D eigenvalue weighted by Crippen LogP contribution is 2.16. The van der Waals surface area contributed by atoms with Crippen LogP contribution in [-0.2, 0) is 19.0 Å². The number of ether oxygens (including phenoxy) is 3. The van der Waals surface area contributed by atoms with Crippen LogP contribution < -0.4 is 5.43 Å². The number of esters is 2.